The van der Waals surface area contributed by atoms with Crippen LogP contribution in [0, 0.1) is 5.92 Å². The molecule has 0 aromatic carbocycles. The molecule has 4 nitrogen and oxygen atoms in total. The lowest BCUT2D eigenvalue weighted by Gasteiger charge is -2.41. The van der Waals surface area contributed by atoms with Crippen molar-refractivity contribution in [1.29, 1.82) is 0 Å². The van der Waals surface area contributed by atoms with E-state index in [1.807, 2.05) is 39.5 Å². The van der Waals surface area contributed by atoms with E-state index in [4.69, 9.17) is 9.47 Å². The third kappa shape index (κ3) is 5.80. The van der Waals surface area contributed by atoms with Crippen molar-refractivity contribution in [2.45, 2.75) is 66.0 Å². The molecule has 0 aliphatic heterocycles. The van der Waals surface area contributed by atoms with Gasteiger partial charge in [0.05, 0.1) is 24.4 Å². The molecular formula is C16H33NO3. The molecule has 0 spiro atoms. The molecule has 0 heterocycles. The minimum Gasteiger partial charge on any atom is -0.382 e. The topological polar surface area (TPSA) is 38.8 Å². The van der Waals surface area contributed by atoms with Crippen LogP contribution in [0.3, 0.4) is 0 Å². The van der Waals surface area contributed by atoms with Crippen LogP contribution in [-0.4, -0.2) is 48.8 Å². The van der Waals surface area contributed by atoms with E-state index in [0.29, 0.717) is 19.8 Å². The minimum absolute atomic E-state index is 0.0567. The average molecular weight is 287 g/mol. The van der Waals surface area contributed by atoms with Crippen LogP contribution >= 0.6 is 0 Å². The number of carbonyl (C=O) groups excluding carboxylic acids is 1. The Kier molecular flexibility index (Phi) is 7.74. The Morgan fingerprint density at radius 2 is 1.70 bits per heavy atom. The fraction of sp³-hybridized carbons (Fsp3) is 0.938. The largest absolute Gasteiger partial charge is 0.382 e. The van der Waals surface area contributed by atoms with Gasteiger partial charge in [0, 0.05) is 19.6 Å². The molecule has 1 unspecified atom stereocenters. The highest BCUT2D eigenvalue weighted by molar-refractivity contribution is 5.79. The van der Waals surface area contributed by atoms with E-state index < -0.39 is 0 Å². The first-order valence-electron chi connectivity index (χ1n) is 7.55. The van der Waals surface area contributed by atoms with Crippen LogP contribution in [0.1, 0.15) is 54.9 Å². The molecule has 120 valence electrons. The molecule has 0 aliphatic carbocycles. The zero-order chi connectivity index (χ0) is 16.0. The van der Waals surface area contributed by atoms with E-state index in [0.717, 1.165) is 6.42 Å². The zero-order valence-corrected chi connectivity index (χ0v) is 14.6. The van der Waals surface area contributed by atoms with E-state index in [1.165, 1.54) is 0 Å². The smallest absolute Gasteiger partial charge is 0.225 e. The van der Waals surface area contributed by atoms with Crippen LogP contribution in [0.25, 0.3) is 0 Å². The first-order valence-corrected chi connectivity index (χ1v) is 7.55. The van der Waals surface area contributed by atoms with Gasteiger partial charge < -0.3 is 14.4 Å². The number of amides is 1. The highest BCUT2D eigenvalue weighted by Gasteiger charge is 2.33. The first-order chi connectivity index (χ1) is 9.11. The molecule has 20 heavy (non-hydrogen) atoms. The summed E-state index contributed by atoms with van der Waals surface area (Å²) < 4.78 is 11.1. The maximum atomic E-state index is 12.4. The first kappa shape index (κ1) is 19.4. The third-order valence-corrected chi connectivity index (χ3v) is 3.65. The number of hydrogen-bond donors (Lipinski definition) is 0. The summed E-state index contributed by atoms with van der Waals surface area (Å²) in [7, 11) is 1.67. The number of hydrogen-bond acceptors (Lipinski definition) is 3. The summed E-state index contributed by atoms with van der Waals surface area (Å²) in [6.45, 7) is 15.9. The average Bonchev–Trinajstić information content (AvgIpc) is 2.36. The van der Waals surface area contributed by atoms with Crippen LogP contribution in [0.4, 0.5) is 0 Å². The van der Waals surface area contributed by atoms with Gasteiger partial charge in [0.15, 0.2) is 0 Å². The number of nitrogens with zero attached hydrogens (tertiary/aromatic N) is 1. The lowest BCUT2D eigenvalue weighted by atomic mass is 9.99. The highest BCUT2D eigenvalue weighted by Crippen LogP contribution is 2.22. The number of carbonyl (C=O) groups is 1. The molecular weight excluding hydrogens is 254 g/mol. The van der Waals surface area contributed by atoms with Gasteiger partial charge in [0.25, 0.3) is 0 Å². The van der Waals surface area contributed by atoms with Crippen LogP contribution in [0.2, 0.25) is 0 Å². The minimum atomic E-state index is -0.342. The Hall–Kier alpha value is -0.610. The van der Waals surface area contributed by atoms with Crippen molar-refractivity contribution in [3.8, 4) is 0 Å². The summed E-state index contributed by atoms with van der Waals surface area (Å²) in [5.41, 5.74) is -0.662. The number of rotatable bonds is 9. The van der Waals surface area contributed by atoms with Crippen molar-refractivity contribution in [3.63, 3.8) is 0 Å². The molecule has 0 bridgehead atoms. The molecule has 0 fully saturated rings. The molecule has 0 aliphatic rings. The summed E-state index contributed by atoms with van der Waals surface area (Å²) in [5, 5.41) is 0. The second-order valence-corrected chi connectivity index (χ2v) is 6.69. The van der Waals surface area contributed by atoms with Crippen molar-refractivity contribution in [2.24, 2.45) is 5.92 Å². The second kappa shape index (κ2) is 7.99. The molecule has 1 atom stereocenters. The van der Waals surface area contributed by atoms with E-state index in [2.05, 4.69) is 13.8 Å². The zero-order valence-electron chi connectivity index (χ0n) is 14.6. The fourth-order valence-electron chi connectivity index (χ4n) is 2.16. The van der Waals surface area contributed by atoms with Crippen molar-refractivity contribution in [1.82, 2.24) is 4.90 Å². The van der Waals surface area contributed by atoms with Gasteiger partial charge in [-0.05, 0) is 41.0 Å². The summed E-state index contributed by atoms with van der Waals surface area (Å²) in [6, 6.07) is 0. The molecule has 0 N–H and O–H groups in total. The van der Waals surface area contributed by atoms with E-state index in [9.17, 15) is 4.79 Å². The molecule has 0 radical (unpaired) electrons. The van der Waals surface area contributed by atoms with E-state index in [-0.39, 0.29) is 23.0 Å². The van der Waals surface area contributed by atoms with E-state index >= 15 is 0 Å². The van der Waals surface area contributed by atoms with Crippen molar-refractivity contribution < 1.29 is 14.3 Å². The Balaban J connectivity index is 4.78. The Bertz CT molecular complexity index is 300. The predicted molar refractivity (Wildman–Crippen MR) is 82.8 cm³/mol. The highest BCUT2D eigenvalue weighted by atomic mass is 16.5. The van der Waals surface area contributed by atoms with Crippen LogP contribution < -0.4 is 0 Å². The van der Waals surface area contributed by atoms with Gasteiger partial charge in [-0.25, -0.2) is 0 Å². The second-order valence-electron chi connectivity index (χ2n) is 6.69. The molecule has 0 saturated carbocycles. The summed E-state index contributed by atoms with van der Waals surface area (Å²) in [4.78, 5) is 14.4. The lowest BCUT2D eigenvalue weighted by molar-refractivity contribution is -0.148. The maximum Gasteiger partial charge on any atom is 0.225 e. The van der Waals surface area contributed by atoms with Crippen molar-refractivity contribution >= 4 is 5.91 Å². The van der Waals surface area contributed by atoms with Crippen LogP contribution in [-0.2, 0) is 14.3 Å². The normalized spacial score (nSPS) is 14.2. The van der Waals surface area contributed by atoms with Gasteiger partial charge in [-0.2, -0.15) is 0 Å². The van der Waals surface area contributed by atoms with Gasteiger partial charge in [-0.1, -0.05) is 13.8 Å². The Morgan fingerprint density at radius 1 is 1.15 bits per heavy atom. The molecule has 4 heteroatoms. The SMILES string of the molecule is CCC(C)C(=O)N(CC)C(C)(C)COC(C)(C)COC. The van der Waals surface area contributed by atoms with Crippen molar-refractivity contribution in [3.05, 3.63) is 0 Å². The Labute approximate surface area is 124 Å². The van der Waals surface area contributed by atoms with Gasteiger partial charge in [0.2, 0.25) is 5.91 Å². The number of likely N-dealkylation sites (N-methyl/N-ethyl adjacent to an activating group) is 1. The standard InChI is InChI=1S/C16H33NO3/c1-9-13(3)14(18)17(10-2)15(4,5)11-20-16(6,7)12-19-8/h13H,9-12H2,1-8H3. The molecule has 0 aromatic heterocycles. The molecule has 0 aromatic rings. The molecule has 0 rings (SSSR count). The number of ether oxygens (including phenoxy) is 2. The fourth-order valence-corrected chi connectivity index (χ4v) is 2.16. The molecule has 1 amide bonds. The van der Waals surface area contributed by atoms with Gasteiger partial charge in [-0.15, -0.1) is 0 Å². The quantitative estimate of drug-likeness (QED) is 0.654. The van der Waals surface area contributed by atoms with Crippen LogP contribution in [0.15, 0.2) is 0 Å². The summed E-state index contributed by atoms with van der Waals surface area (Å²) >= 11 is 0. The monoisotopic (exact) mass is 287 g/mol. The van der Waals surface area contributed by atoms with Crippen molar-refractivity contribution in [2.75, 3.05) is 26.9 Å². The molecule has 0 saturated heterocycles. The lowest BCUT2D eigenvalue weighted by Crippen LogP contribution is -2.53. The maximum absolute atomic E-state index is 12.4. The third-order valence-electron chi connectivity index (χ3n) is 3.65. The summed E-state index contributed by atoms with van der Waals surface area (Å²) in [6.07, 6.45) is 0.863. The summed E-state index contributed by atoms with van der Waals surface area (Å²) in [5.74, 6) is 0.259. The van der Waals surface area contributed by atoms with Gasteiger partial charge >= 0.3 is 0 Å². The van der Waals surface area contributed by atoms with Crippen LogP contribution in [0.5, 0.6) is 0 Å². The Morgan fingerprint density at radius 3 is 2.10 bits per heavy atom. The predicted octanol–water partition coefficient (Wildman–Crippen LogP) is 3.10. The number of methoxy groups -OCH3 is 1. The van der Waals surface area contributed by atoms with Gasteiger partial charge in [-0.3, -0.25) is 4.79 Å². The van der Waals surface area contributed by atoms with Gasteiger partial charge in [0.1, 0.15) is 0 Å². The van der Waals surface area contributed by atoms with E-state index in [1.54, 1.807) is 7.11 Å².